The molecule has 0 radical (unpaired) electrons. The zero-order valence-corrected chi connectivity index (χ0v) is 11.4. The van der Waals surface area contributed by atoms with Gasteiger partial charge in [0.25, 0.3) is 0 Å². The molecule has 1 unspecified atom stereocenters. The number of ether oxygens (including phenoxy) is 2. The molecule has 4 nitrogen and oxygen atoms in total. The van der Waals surface area contributed by atoms with E-state index in [4.69, 9.17) is 9.47 Å². The molecule has 17 heavy (non-hydrogen) atoms. The maximum Gasteiger partial charge on any atom is 0.0701 e. The summed E-state index contributed by atoms with van der Waals surface area (Å²) in [6.07, 6.45) is 4.24. The van der Waals surface area contributed by atoms with Gasteiger partial charge in [-0.3, -0.25) is 0 Å². The van der Waals surface area contributed by atoms with Gasteiger partial charge in [-0.25, -0.2) is 0 Å². The molecule has 0 saturated carbocycles. The number of rotatable bonds is 9. The lowest BCUT2D eigenvalue weighted by molar-refractivity contribution is -0.00127. The van der Waals surface area contributed by atoms with E-state index in [2.05, 4.69) is 17.3 Å². The van der Waals surface area contributed by atoms with Crippen molar-refractivity contribution in [1.82, 2.24) is 10.2 Å². The minimum Gasteiger partial charge on any atom is -0.380 e. The lowest BCUT2D eigenvalue weighted by Gasteiger charge is -2.27. The molecule has 102 valence electrons. The third-order valence-corrected chi connectivity index (χ3v) is 3.09. The zero-order valence-electron chi connectivity index (χ0n) is 11.4. The molecule has 4 heteroatoms. The summed E-state index contributed by atoms with van der Waals surface area (Å²) in [6, 6.07) is 0. The Morgan fingerprint density at radius 1 is 1.35 bits per heavy atom. The predicted octanol–water partition coefficient (Wildman–Crippen LogP) is 1.11. The van der Waals surface area contributed by atoms with Gasteiger partial charge in [0.2, 0.25) is 0 Å². The summed E-state index contributed by atoms with van der Waals surface area (Å²) >= 11 is 0. The zero-order chi connectivity index (χ0) is 12.3. The van der Waals surface area contributed by atoms with Crippen molar-refractivity contribution < 1.29 is 9.47 Å². The molecule has 1 N–H and O–H groups in total. The number of hydrogen-bond acceptors (Lipinski definition) is 4. The smallest absolute Gasteiger partial charge is 0.0701 e. The van der Waals surface area contributed by atoms with Gasteiger partial charge >= 0.3 is 0 Å². The highest BCUT2D eigenvalue weighted by molar-refractivity contribution is 4.68. The van der Waals surface area contributed by atoms with E-state index in [1.807, 2.05) is 6.92 Å². The van der Waals surface area contributed by atoms with Crippen molar-refractivity contribution in [3.8, 4) is 0 Å². The van der Waals surface area contributed by atoms with Crippen molar-refractivity contribution in [2.45, 2.75) is 32.3 Å². The SMILES string of the molecule is CCOCCNCCN(C)CC1CCCCO1. The molecule has 1 heterocycles. The first-order valence-electron chi connectivity index (χ1n) is 6.91. The van der Waals surface area contributed by atoms with Crippen LogP contribution in [0.2, 0.25) is 0 Å². The van der Waals surface area contributed by atoms with Gasteiger partial charge in [-0.05, 0) is 33.2 Å². The fourth-order valence-electron chi connectivity index (χ4n) is 2.07. The summed E-state index contributed by atoms with van der Waals surface area (Å²) in [7, 11) is 2.17. The van der Waals surface area contributed by atoms with Gasteiger partial charge in [0.15, 0.2) is 0 Å². The van der Waals surface area contributed by atoms with Crippen molar-refractivity contribution in [3.63, 3.8) is 0 Å². The van der Waals surface area contributed by atoms with Gasteiger partial charge in [0.1, 0.15) is 0 Å². The van der Waals surface area contributed by atoms with E-state index >= 15 is 0 Å². The molecule has 0 aliphatic carbocycles. The van der Waals surface area contributed by atoms with Crippen LogP contribution in [0.4, 0.5) is 0 Å². The third kappa shape index (κ3) is 7.71. The predicted molar refractivity (Wildman–Crippen MR) is 70.5 cm³/mol. The molecule has 0 spiro atoms. The maximum absolute atomic E-state index is 5.73. The third-order valence-electron chi connectivity index (χ3n) is 3.09. The van der Waals surface area contributed by atoms with Crippen LogP contribution in [0.5, 0.6) is 0 Å². The van der Waals surface area contributed by atoms with Crippen molar-refractivity contribution in [2.75, 3.05) is 53.0 Å². The largest absolute Gasteiger partial charge is 0.380 e. The highest BCUT2D eigenvalue weighted by atomic mass is 16.5. The molecule has 0 amide bonds. The Kier molecular flexibility index (Phi) is 8.61. The summed E-state index contributed by atoms with van der Waals surface area (Å²) < 4.78 is 11.0. The second-order valence-corrected chi connectivity index (χ2v) is 4.70. The summed E-state index contributed by atoms with van der Waals surface area (Å²) in [4.78, 5) is 2.35. The van der Waals surface area contributed by atoms with Crippen LogP contribution in [-0.4, -0.2) is 64.1 Å². The van der Waals surface area contributed by atoms with Gasteiger partial charge in [-0.15, -0.1) is 0 Å². The molecule has 1 atom stereocenters. The Bertz CT molecular complexity index is 173. The van der Waals surface area contributed by atoms with E-state index in [0.717, 1.165) is 46.0 Å². The van der Waals surface area contributed by atoms with Crippen molar-refractivity contribution in [2.24, 2.45) is 0 Å². The van der Waals surface area contributed by atoms with E-state index in [-0.39, 0.29) is 0 Å². The standard InChI is InChI=1S/C13H28N2O2/c1-3-16-11-8-14-7-9-15(2)12-13-6-4-5-10-17-13/h13-14H,3-12H2,1-2H3. The van der Waals surface area contributed by atoms with Crippen LogP contribution in [0.15, 0.2) is 0 Å². The highest BCUT2D eigenvalue weighted by Crippen LogP contribution is 2.12. The Balaban J connectivity index is 1.91. The van der Waals surface area contributed by atoms with Crippen molar-refractivity contribution in [3.05, 3.63) is 0 Å². The first kappa shape index (κ1) is 14.9. The van der Waals surface area contributed by atoms with E-state index in [1.54, 1.807) is 0 Å². The first-order valence-corrected chi connectivity index (χ1v) is 6.91. The molecule has 0 aromatic rings. The number of likely N-dealkylation sites (N-methyl/N-ethyl adjacent to an activating group) is 1. The molecule has 1 saturated heterocycles. The maximum atomic E-state index is 5.73. The number of hydrogen-bond donors (Lipinski definition) is 1. The van der Waals surface area contributed by atoms with Crippen LogP contribution in [0.25, 0.3) is 0 Å². The molecule has 0 aromatic heterocycles. The lowest BCUT2D eigenvalue weighted by Crippen LogP contribution is -2.37. The van der Waals surface area contributed by atoms with Crippen LogP contribution in [0.3, 0.4) is 0 Å². The molecule has 1 fully saturated rings. The molecule has 1 aliphatic heterocycles. The van der Waals surface area contributed by atoms with Gasteiger partial charge < -0.3 is 19.7 Å². The fourth-order valence-corrected chi connectivity index (χ4v) is 2.07. The fraction of sp³-hybridized carbons (Fsp3) is 1.00. The Morgan fingerprint density at radius 3 is 2.94 bits per heavy atom. The van der Waals surface area contributed by atoms with Crippen LogP contribution in [0.1, 0.15) is 26.2 Å². The minimum absolute atomic E-state index is 0.456. The molecule has 1 rings (SSSR count). The average Bonchev–Trinajstić information content (AvgIpc) is 2.35. The van der Waals surface area contributed by atoms with Crippen LogP contribution in [0, 0.1) is 0 Å². The molecular formula is C13H28N2O2. The lowest BCUT2D eigenvalue weighted by atomic mass is 10.1. The first-order chi connectivity index (χ1) is 8.33. The van der Waals surface area contributed by atoms with Gasteiger partial charge in [-0.1, -0.05) is 0 Å². The van der Waals surface area contributed by atoms with Crippen LogP contribution >= 0.6 is 0 Å². The summed E-state index contributed by atoms with van der Waals surface area (Å²) in [5.74, 6) is 0. The summed E-state index contributed by atoms with van der Waals surface area (Å²) in [6.45, 7) is 8.70. The van der Waals surface area contributed by atoms with Gasteiger partial charge in [0.05, 0.1) is 12.7 Å². The highest BCUT2D eigenvalue weighted by Gasteiger charge is 2.15. The van der Waals surface area contributed by atoms with Gasteiger partial charge in [-0.2, -0.15) is 0 Å². The normalized spacial score (nSPS) is 21.0. The summed E-state index contributed by atoms with van der Waals surface area (Å²) in [5, 5.41) is 3.38. The summed E-state index contributed by atoms with van der Waals surface area (Å²) in [5.41, 5.74) is 0. The van der Waals surface area contributed by atoms with Gasteiger partial charge in [0, 0.05) is 39.4 Å². The number of nitrogens with zero attached hydrogens (tertiary/aromatic N) is 1. The second-order valence-electron chi connectivity index (χ2n) is 4.70. The topological polar surface area (TPSA) is 33.7 Å². The Morgan fingerprint density at radius 2 is 2.24 bits per heavy atom. The molecular weight excluding hydrogens is 216 g/mol. The second kappa shape index (κ2) is 9.83. The Hall–Kier alpha value is -0.160. The average molecular weight is 244 g/mol. The Labute approximate surface area is 106 Å². The van der Waals surface area contributed by atoms with Crippen molar-refractivity contribution >= 4 is 0 Å². The van der Waals surface area contributed by atoms with Crippen LogP contribution < -0.4 is 5.32 Å². The van der Waals surface area contributed by atoms with Crippen molar-refractivity contribution in [1.29, 1.82) is 0 Å². The molecule has 0 bridgehead atoms. The molecule has 1 aliphatic rings. The van der Waals surface area contributed by atoms with E-state index < -0.39 is 0 Å². The number of nitrogens with one attached hydrogen (secondary N) is 1. The van der Waals surface area contributed by atoms with E-state index in [1.165, 1.54) is 19.3 Å². The minimum atomic E-state index is 0.456. The van der Waals surface area contributed by atoms with E-state index in [9.17, 15) is 0 Å². The van der Waals surface area contributed by atoms with Crippen LogP contribution in [-0.2, 0) is 9.47 Å². The monoisotopic (exact) mass is 244 g/mol. The quantitative estimate of drug-likeness (QED) is 0.616. The van der Waals surface area contributed by atoms with E-state index in [0.29, 0.717) is 6.10 Å². The molecule has 0 aromatic carbocycles.